The Bertz CT molecular complexity index is 1170. The summed E-state index contributed by atoms with van der Waals surface area (Å²) >= 11 is 0. The van der Waals surface area contributed by atoms with Crippen molar-refractivity contribution in [3.05, 3.63) is 47.3 Å². The van der Waals surface area contributed by atoms with Crippen molar-refractivity contribution >= 4 is 5.69 Å². The van der Waals surface area contributed by atoms with Crippen LogP contribution in [0.2, 0.25) is 0 Å². The number of benzene rings is 1. The summed E-state index contributed by atoms with van der Waals surface area (Å²) in [6, 6.07) is 6.98. The van der Waals surface area contributed by atoms with E-state index in [0.717, 1.165) is 0 Å². The molecule has 1 aromatic carbocycles. The summed E-state index contributed by atoms with van der Waals surface area (Å²) in [5.41, 5.74) is 0.636. The quantitative estimate of drug-likeness (QED) is 0.433. The molecule has 1 atom stereocenters. The lowest BCUT2D eigenvalue weighted by molar-refractivity contribution is -0.277. The molecule has 4 rings (SSSR count). The van der Waals surface area contributed by atoms with Gasteiger partial charge in [0.25, 0.3) is 11.8 Å². The molecule has 3 heterocycles. The molecule has 0 radical (unpaired) electrons. The highest BCUT2D eigenvalue weighted by Crippen LogP contribution is 2.45. The largest absolute Gasteiger partial charge is 0.426 e. The summed E-state index contributed by atoms with van der Waals surface area (Å²) in [4.78, 5) is 4.02. The Kier molecular flexibility index (Phi) is 5.59. The summed E-state index contributed by atoms with van der Waals surface area (Å²) in [6.45, 7) is 0. The first-order valence-electron chi connectivity index (χ1n) is 10.0. The van der Waals surface area contributed by atoms with Crippen molar-refractivity contribution in [3.63, 3.8) is 0 Å². The van der Waals surface area contributed by atoms with Crippen LogP contribution in [0.4, 0.5) is 32.0 Å². The van der Waals surface area contributed by atoms with Crippen LogP contribution in [0.25, 0.3) is 22.8 Å². The van der Waals surface area contributed by atoms with Crippen molar-refractivity contribution < 1.29 is 35.9 Å². The van der Waals surface area contributed by atoms with E-state index in [4.69, 9.17) is 10.2 Å². The number of anilines is 1. The number of aromatic nitrogens is 3. The van der Waals surface area contributed by atoms with Gasteiger partial charge in [-0.1, -0.05) is 30.7 Å². The van der Waals surface area contributed by atoms with Crippen LogP contribution in [0.1, 0.15) is 42.7 Å². The molecular weight excluding hydrogens is 454 g/mol. The zero-order valence-electron chi connectivity index (χ0n) is 17.0. The smallest absolute Gasteiger partial charge is 0.416 e. The Balaban J connectivity index is 1.98. The van der Waals surface area contributed by atoms with Crippen molar-refractivity contribution in [2.45, 2.75) is 50.1 Å². The van der Waals surface area contributed by atoms with Crippen molar-refractivity contribution in [3.8, 4) is 22.8 Å². The van der Waals surface area contributed by atoms with E-state index in [1.165, 1.54) is 6.07 Å². The Hall–Kier alpha value is -3.15. The average Bonchev–Trinajstić information content (AvgIpc) is 3.22. The fraction of sp³-hybridized carbons (Fsp3) is 0.381. The molecule has 3 N–H and O–H groups in total. The first-order valence-corrected chi connectivity index (χ1v) is 10.0. The molecule has 12 heteroatoms. The van der Waals surface area contributed by atoms with E-state index in [2.05, 4.69) is 15.2 Å². The first kappa shape index (κ1) is 23.0. The molecule has 3 aromatic rings. The van der Waals surface area contributed by atoms with Crippen LogP contribution in [0.15, 0.2) is 34.7 Å². The van der Waals surface area contributed by atoms with Crippen LogP contribution in [0.3, 0.4) is 0 Å². The highest BCUT2D eigenvalue weighted by Gasteiger charge is 2.58. The fourth-order valence-corrected chi connectivity index (χ4v) is 3.82. The van der Waals surface area contributed by atoms with Crippen molar-refractivity contribution in [1.29, 1.82) is 0 Å². The van der Waals surface area contributed by atoms with Crippen LogP contribution >= 0.6 is 0 Å². The van der Waals surface area contributed by atoms with E-state index >= 15 is 0 Å². The third-order valence-corrected chi connectivity index (χ3v) is 5.56. The second-order valence-corrected chi connectivity index (χ2v) is 7.81. The van der Waals surface area contributed by atoms with Crippen LogP contribution in [0.5, 0.6) is 0 Å². The molecule has 1 aliphatic rings. The summed E-state index contributed by atoms with van der Waals surface area (Å²) in [6.07, 6.45) is -9.72. The number of aliphatic hydroxyl groups is 1. The lowest BCUT2D eigenvalue weighted by Crippen LogP contribution is -2.42. The van der Waals surface area contributed by atoms with E-state index in [0.29, 0.717) is 24.5 Å². The maximum Gasteiger partial charge on any atom is 0.426 e. The predicted molar refractivity (Wildman–Crippen MR) is 105 cm³/mol. The second-order valence-electron chi connectivity index (χ2n) is 7.81. The van der Waals surface area contributed by atoms with Crippen LogP contribution < -0.4 is 5.73 Å². The number of nitrogens with zero attached hydrogens (tertiary/aromatic N) is 3. The molecular formula is C21H18F6N4O2. The molecule has 33 heavy (non-hydrogen) atoms. The highest BCUT2D eigenvalue weighted by atomic mass is 19.4. The lowest BCUT2D eigenvalue weighted by atomic mass is 9.92. The number of fused-ring (bicyclic) bond motifs is 7. The van der Waals surface area contributed by atoms with Gasteiger partial charge in [0.05, 0.1) is 16.9 Å². The van der Waals surface area contributed by atoms with Gasteiger partial charge in [-0.3, -0.25) is 0 Å². The number of hydrogen-bond donors (Lipinski definition) is 2. The van der Waals surface area contributed by atoms with E-state index in [1.807, 2.05) is 0 Å². The van der Waals surface area contributed by atoms with Gasteiger partial charge in [0.2, 0.25) is 5.60 Å². The van der Waals surface area contributed by atoms with Gasteiger partial charge in [0.1, 0.15) is 0 Å². The van der Waals surface area contributed by atoms with Gasteiger partial charge < -0.3 is 15.3 Å². The Morgan fingerprint density at radius 1 is 0.970 bits per heavy atom. The second kappa shape index (κ2) is 8.01. The standard InChI is InChI=1S/C21H18F6N4O2/c22-20(23,24)13-10-14(28)16-17-30-31-18(33-17)19(32,21(25,26)27)9-5-1-2-6-11-7-3-4-8-12(11)15(13)29-16/h3-4,7-8,10,32H,1-2,5-6,9,28H2. The number of pyridine rings is 1. The third-order valence-electron chi connectivity index (χ3n) is 5.56. The number of alkyl halides is 6. The van der Waals surface area contributed by atoms with E-state index in [-0.39, 0.29) is 18.4 Å². The highest BCUT2D eigenvalue weighted by molar-refractivity contribution is 5.76. The summed E-state index contributed by atoms with van der Waals surface area (Å²) in [7, 11) is 0. The number of aryl methyl sites for hydroxylation is 1. The minimum Gasteiger partial charge on any atom is -0.416 e. The molecule has 176 valence electrons. The van der Waals surface area contributed by atoms with E-state index < -0.39 is 58.8 Å². The molecule has 0 saturated carbocycles. The predicted octanol–water partition coefficient (Wildman–Crippen LogP) is 5.27. The molecule has 6 nitrogen and oxygen atoms in total. The normalized spacial score (nSPS) is 19.6. The first-order chi connectivity index (χ1) is 15.4. The van der Waals surface area contributed by atoms with Crippen molar-refractivity contribution in [1.82, 2.24) is 15.2 Å². The summed E-state index contributed by atoms with van der Waals surface area (Å²) in [5, 5.41) is 17.2. The molecule has 0 spiro atoms. The van der Waals surface area contributed by atoms with Gasteiger partial charge in [-0.25, -0.2) is 4.98 Å². The number of rotatable bonds is 0. The molecule has 2 aromatic heterocycles. The van der Waals surface area contributed by atoms with Crippen LogP contribution in [-0.4, -0.2) is 26.5 Å². The van der Waals surface area contributed by atoms with Gasteiger partial charge in [0, 0.05) is 5.56 Å². The van der Waals surface area contributed by atoms with E-state index in [9.17, 15) is 31.4 Å². The fourth-order valence-electron chi connectivity index (χ4n) is 3.82. The van der Waals surface area contributed by atoms with Gasteiger partial charge >= 0.3 is 12.4 Å². The van der Waals surface area contributed by atoms with Gasteiger partial charge in [-0.2, -0.15) is 26.3 Å². The molecule has 4 bridgehead atoms. The van der Waals surface area contributed by atoms with Crippen LogP contribution in [-0.2, 0) is 18.2 Å². The molecule has 0 aliphatic carbocycles. The zero-order chi connectivity index (χ0) is 24.0. The number of halogens is 6. The minimum absolute atomic E-state index is 0.0324. The van der Waals surface area contributed by atoms with Gasteiger partial charge in [-0.05, 0) is 37.3 Å². The lowest BCUT2D eigenvalue weighted by Gasteiger charge is -2.27. The zero-order valence-corrected chi connectivity index (χ0v) is 17.0. The maximum atomic E-state index is 13.8. The van der Waals surface area contributed by atoms with Crippen molar-refractivity contribution in [2.24, 2.45) is 0 Å². The van der Waals surface area contributed by atoms with Gasteiger partial charge in [0.15, 0.2) is 5.69 Å². The summed E-state index contributed by atoms with van der Waals surface area (Å²) < 4.78 is 87.7. The Labute approximate surface area is 183 Å². The number of nitrogens with two attached hydrogens (primary N) is 1. The molecule has 0 amide bonds. The number of nitrogen functional groups attached to an aromatic ring is 1. The Morgan fingerprint density at radius 3 is 2.39 bits per heavy atom. The third kappa shape index (κ3) is 4.14. The maximum absolute atomic E-state index is 13.8. The van der Waals surface area contributed by atoms with Crippen molar-refractivity contribution in [2.75, 3.05) is 5.73 Å². The molecule has 1 aliphatic heterocycles. The summed E-state index contributed by atoms with van der Waals surface area (Å²) in [5.74, 6) is -1.75. The minimum atomic E-state index is -5.12. The monoisotopic (exact) mass is 472 g/mol. The molecule has 1 unspecified atom stereocenters. The Morgan fingerprint density at radius 2 is 1.70 bits per heavy atom. The number of hydrogen-bond acceptors (Lipinski definition) is 6. The van der Waals surface area contributed by atoms with Gasteiger partial charge in [-0.15, -0.1) is 10.2 Å². The average molecular weight is 472 g/mol. The van der Waals surface area contributed by atoms with Crippen LogP contribution in [0, 0.1) is 0 Å². The SMILES string of the molecule is Nc1cc(C(F)(F)F)c2nc1-c1nnc(o1)C(O)(C(F)(F)F)CCCCCc1ccccc1-2. The molecule has 0 saturated heterocycles. The topological polar surface area (TPSA) is 98.1 Å². The molecule has 0 fully saturated rings. The van der Waals surface area contributed by atoms with E-state index in [1.54, 1.807) is 18.2 Å².